The van der Waals surface area contributed by atoms with Crippen molar-refractivity contribution in [1.29, 1.82) is 0 Å². The van der Waals surface area contributed by atoms with Gasteiger partial charge in [-0.2, -0.15) is 0 Å². The largest absolute Gasteiger partial charge is 0.493 e. The number of carbonyl (C=O) groups is 3. The van der Waals surface area contributed by atoms with Gasteiger partial charge in [-0.25, -0.2) is 4.79 Å². The number of rotatable bonds is 8. The normalized spacial score (nSPS) is 10.3. The molecule has 28 heavy (non-hydrogen) atoms. The molecule has 0 aliphatic heterocycles. The Labute approximate surface area is 164 Å². The van der Waals surface area contributed by atoms with Crippen LogP contribution in [0.15, 0.2) is 48.5 Å². The predicted molar refractivity (Wildman–Crippen MR) is 106 cm³/mol. The summed E-state index contributed by atoms with van der Waals surface area (Å²) in [6.07, 6.45) is 0. The molecule has 2 rings (SSSR count). The summed E-state index contributed by atoms with van der Waals surface area (Å²) in [5.41, 5.74) is 1.29. The summed E-state index contributed by atoms with van der Waals surface area (Å²) in [4.78, 5) is 35.6. The lowest BCUT2D eigenvalue weighted by Gasteiger charge is -2.10. The SMILES string of the molecule is CNC(=O)c1ccc(NC(=O)COC(=O)c2cccc(OCC(C)C)c2)cc1. The highest BCUT2D eigenvalue weighted by atomic mass is 16.5. The summed E-state index contributed by atoms with van der Waals surface area (Å²) in [6.45, 7) is 4.18. The fourth-order valence-electron chi connectivity index (χ4n) is 2.24. The maximum absolute atomic E-state index is 12.1. The van der Waals surface area contributed by atoms with Crippen LogP contribution in [-0.2, 0) is 9.53 Å². The monoisotopic (exact) mass is 384 g/mol. The van der Waals surface area contributed by atoms with Gasteiger partial charge in [-0.05, 0) is 48.4 Å². The smallest absolute Gasteiger partial charge is 0.338 e. The van der Waals surface area contributed by atoms with E-state index in [-0.39, 0.29) is 5.91 Å². The number of anilines is 1. The van der Waals surface area contributed by atoms with Gasteiger partial charge >= 0.3 is 5.97 Å². The van der Waals surface area contributed by atoms with Gasteiger partial charge in [0.15, 0.2) is 6.61 Å². The zero-order valence-electron chi connectivity index (χ0n) is 16.2. The van der Waals surface area contributed by atoms with Crippen molar-refractivity contribution in [3.05, 3.63) is 59.7 Å². The van der Waals surface area contributed by atoms with Crippen molar-refractivity contribution < 1.29 is 23.9 Å². The van der Waals surface area contributed by atoms with Crippen LogP contribution in [0, 0.1) is 5.92 Å². The fraction of sp³-hybridized carbons (Fsp3) is 0.286. The average molecular weight is 384 g/mol. The number of esters is 1. The van der Waals surface area contributed by atoms with Gasteiger partial charge in [0.2, 0.25) is 0 Å². The van der Waals surface area contributed by atoms with Crippen LogP contribution < -0.4 is 15.4 Å². The number of hydrogen-bond donors (Lipinski definition) is 2. The van der Waals surface area contributed by atoms with E-state index in [9.17, 15) is 14.4 Å². The number of nitrogens with one attached hydrogen (secondary N) is 2. The summed E-state index contributed by atoms with van der Waals surface area (Å²) >= 11 is 0. The van der Waals surface area contributed by atoms with E-state index in [2.05, 4.69) is 10.6 Å². The summed E-state index contributed by atoms with van der Waals surface area (Å²) in [6, 6.07) is 13.0. The van der Waals surface area contributed by atoms with E-state index in [1.54, 1.807) is 55.6 Å². The Hall–Kier alpha value is -3.35. The third-order valence-corrected chi connectivity index (χ3v) is 3.65. The maximum atomic E-state index is 12.1. The van der Waals surface area contributed by atoms with Crippen LogP contribution >= 0.6 is 0 Å². The molecule has 0 aliphatic carbocycles. The second-order valence-corrected chi connectivity index (χ2v) is 6.51. The van der Waals surface area contributed by atoms with Crippen LogP contribution in [0.2, 0.25) is 0 Å². The highest BCUT2D eigenvalue weighted by Gasteiger charge is 2.12. The lowest BCUT2D eigenvalue weighted by Crippen LogP contribution is -2.21. The number of amides is 2. The molecule has 0 bridgehead atoms. The molecular weight excluding hydrogens is 360 g/mol. The van der Waals surface area contributed by atoms with Gasteiger partial charge in [-0.15, -0.1) is 0 Å². The Balaban J connectivity index is 1.86. The van der Waals surface area contributed by atoms with Crippen LogP contribution in [0.25, 0.3) is 0 Å². The Morgan fingerprint density at radius 1 is 1.00 bits per heavy atom. The van der Waals surface area contributed by atoms with Crippen molar-refractivity contribution in [1.82, 2.24) is 5.32 Å². The van der Waals surface area contributed by atoms with E-state index < -0.39 is 18.5 Å². The van der Waals surface area contributed by atoms with Gasteiger partial charge in [-0.3, -0.25) is 9.59 Å². The van der Waals surface area contributed by atoms with E-state index >= 15 is 0 Å². The Bertz CT molecular complexity index is 831. The van der Waals surface area contributed by atoms with Gasteiger partial charge < -0.3 is 20.1 Å². The second kappa shape index (κ2) is 10.1. The first-order valence-corrected chi connectivity index (χ1v) is 8.91. The molecule has 0 aromatic heterocycles. The molecule has 2 N–H and O–H groups in total. The minimum atomic E-state index is -0.611. The molecule has 2 amide bonds. The van der Waals surface area contributed by atoms with Crippen molar-refractivity contribution >= 4 is 23.5 Å². The van der Waals surface area contributed by atoms with E-state index in [0.29, 0.717) is 35.1 Å². The van der Waals surface area contributed by atoms with Crippen LogP contribution in [0.3, 0.4) is 0 Å². The lowest BCUT2D eigenvalue weighted by molar-refractivity contribution is -0.119. The molecule has 0 saturated heterocycles. The first-order valence-electron chi connectivity index (χ1n) is 8.91. The van der Waals surface area contributed by atoms with E-state index in [4.69, 9.17) is 9.47 Å². The van der Waals surface area contributed by atoms with Crippen LogP contribution in [0.5, 0.6) is 5.75 Å². The first kappa shape index (κ1) is 21.0. The van der Waals surface area contributed by atoms with Crippen LogP contribution in [0.1, 0.15) is 34.6 Å². The summed E-state index contributed by atoms with van der Waals surface area (Å²) in [5.74, 6) is -0.367. The van der Waals surface area contributed by atoms with E-state index in [0.717, 1.165) is 0 Å². The highest BCUT2D eigenvalue weighted by molar-refractivity contribution is 5.97. The van der Waals surface area contributed by atoms with Crippen molar-refractivity contribution in [3.63, 3.8) is 0 Å². The molecule has 0 unspecified atom stereocenters. The molecule has 7 nitrogen and oxygen atoms in total. The van der Waals surface area contributed by atoms with Crippen molar-refractivity contribution in [2.24, 2.45) is 5.92 Å². The minimum Gasteiger partial charge on any atom is -0.493 e. The third-order valence-electron chi connectivity index (χ3n) is 3.65. The summed E-state index contributed by atoms with van der Waals surface area (Å²) < 4.78 is 10.6. The lowest BCUT2D eigenvalue weighted by atomic mass is 10.2. The van der Waals surface area contributed by atoms with Crippen molar-refractivity contribution in [2.45, 2.75) is 13.8 Å². The summed E-state index contributed by atoms with van der Waals surface area (Å²) in [7, 11) is 1.54. The van der Waals surface area contributed by atoms with Gasteiger partial charge in [0.1, 0.15) is 5.75 Å². The number of benzene rings is 2. The average Bonchev–Trinajstić information content (AvgIpc) is 2.70. The number of carbonyl (C=O) groups excluding carboxylic acids is 3. The Morgan fingerprint density at radius 2 is 1.71 bits per heavy atom. The molecule has 0 aliphatic rings. The van der Waals surface area contributed by atoms with Gasteiger partial charge in [0.05, 0.1) is 12.2 Å². The van der Waals surface area contributed by atoms with Gasteiger partial charge in [0.25, 0.3) is 11.8 Å². The van der Waals surface area contributed by atoms with Crippen molar-refractivity contribution in [3.8, 4) is 5.75 Å². The molecule has 0 spiro atoms. The Kier molecular flexibility index (Phi) is 7.56. The van der Waals surface area contributed by atoms with Gasteiger partial charge in [0, 0.05) is 18.3 Å². The molecule has 0 heterocycles. The number of hydrogen-bond acceptors (Lipinski definition) is 5. The second-order valence-electron chi connectivity index (χ2n) is 6.51. The fourth-order valence-corrected chi connectivity index (χ4v) is 2.24. The van der Waals surface area contributed by atoms with E-state index in [1.807, 2.05) is 13.8 Å². The minimum absolute atomic E-state index is 0.216. The van der Waals surface area contributed by atoms with E-state index in [1.165, 1.54) is 0 Å². The van der Waals surface area contributed by atoms with Crippen LogP contribution in [0.4, 0.5) is 5.69 Å². The standard InChI is InChI=1S/C21H24N2O5/c1-14(2)12-27-18-6-4-5-16(11-18)21(26)28-13-19(24)23-17-9-7-15(8-10-17)20(25)22-3/h4-11,14H,12-13H2,1-3H3,(H,22,25)(H,23,24). The van der Waals surface area contributed by atoms with Gasteiger partial charge in [-0.1, -0.05) is 19.9 Å². The first-order chi connectivity index (χ1) is 13.4. The topological polar surface area (TPSA) is 93.7 Å². The Morgan fingerprint density at radius 3 is 2.36 bits per heavy atom. The summed E-state index contributed by atoms with van der Waals surface area (Å²) in [5, 5.41) is 5.12. The predicted octanol–water partition coefficient (Wildman–Crippen LogP) is 2.88. The molecule has 148 valence electrons. The molecule has 7 heteroatoms. The quantitative estimate of drug-likeness (QED) is 0.683. The maximum Gasteiger partial charge on any atom is 0.338 e. The molecule has 0 radical (unpaired) electrons. The van der Waals surface area contributed by atoms with Crippen LogP contribution in [-0.4, -0.2) is 38.0 Å². The zero-order chi connectivity index (χ0) is 20.5. The number of ether oxygens (including phenoxy) is 2. The third kappa shape index (κ3) is 6.42. The molecule has 0 fully saturated rings. The molecule has 2 aromatic carbocycles. The molecule has 0 saturated carbocycles. The zero-order valence-corrected chi connectivity index (χ0v) is 16.2. The van der Waals surface area contributed by atoms with Crippen molar-refractivity contribution in [2.75, 3.05) is 25.6 Å². The highest BCUT2D eigenvalue weighted by Crippen LogP contribution is 2.15. The molecule has 0 atom stereocenters. The molecule has 2 aromatic rings. The molecular formula is C21H24N2O5.